The minimum atomic E-state index is -0.376. The maximum atomic E-state index is 12.4. The molecule has 2 rings (SSSR count). The highest BCUT2D eigenvalue weighted by molar-refractivity contribution is 5.97. The standard InChI is InChI=1S/C19H30O4/c1-3-5-7-11-22-18(20)16-14-9-10-15(13-14)17(16)19(21)23-12-8-6-4-2/h14,16H,3-13H2,1-2H3. The van der Waals surface area contributed by atoms with Gasteiger partial charge in [0.2, 0.25) is 0 Å². The van der Waals surface area contributed by atoms with Gasteiger partial charge < -0.3 is 9.47 Å². The normalized spacial score (nSPS) is 22.5. The molecule has 23 heavy (non-hydrogen) atoms. The fraction of sp³-hybridized carbons (Fsp3) is 0.789. The van der Waals surface area contributed by atoms with Gasteiger partial charge in [-0.2, -0.15) is 0 Å². The fourth-order valence-electron chi connectivity index (χ4n) is 3.66. The Kier molecular flexibility index (Phi) is 7.13. The topological polar surface area (TPSA) is 52.6 Å². The molecule has 0 spiro atoms. The summed E-state index contributed by atoms with van der Waals surface area (Å²) in [4.78, 5) is 24.8. The van der Waals surface area contributed by atoms with Crippen molar-refractivity contribution in [3.8, 4) is 0 Å². The van der Waals surface area contributed by atoms with Crippen LogP contribution in [0.5, 0.6) is 0 Å². The third-order valence-electron chi connectivity index (χ3n) is 4.94. The van der Waals surface area contributed by atoms with Gasteiger partial charge in [0.05, 0.1) is 24.7 Å². The first-order valence-corrected chi connectivity index (χ1v) is 9.24. The fourth-order valence-corrected chi connectivity index (χ4v) is 3.66. The van der Waals surface area contributed by atoms with Crippen molar-refractivity contribution in [2.24, 2.45) is 11.8 Å². The van der Waals surface area contributed by atoms with Gasteiger partial charge in [0, 0.05) is 0 Å². The van der Waals surface area contributed by atoms with E-state index in [-0.39, 0.29) is 23.8 Å². The van der Waals surface area contributed by atoms with Gasteiger partial charge in [-0.3, -0.25) is 4.79 Å². The van der Waals surface area contributed by atoms with Crippen LogP contribution in [0, 0.1) is 11.8 Å². The lowest BCUT2D eigenvalue weighted by molar-refractivity contribution is -0.152. The molecule has 2 aliphatic carbocycles. The maximum absolute atomic E-state index is 12.4. The molecule has 0 amide bonds. The van der Waals surface area contributed by atoms with E-state index in [0.29, 0.717) is 18.8 Å². The average Bonchev–Trinajstić information content (AvgIpc) is 3.16. The van der Waals surface area contributed by atoms with Gasteiger partial charge in [-0.05, 0) is 38.0 Å². The Morgan fingerprint density at radius 1 is 1.00 bits per heavy atom. The highest BCUT2D eigenvalue weighted by atomic mass is 16.5. The number of carbonyl (C=O) groups is 2. The lowest BCUT2D eigenvalue weighted by atomic mass is 9.86. The number of rotatable bonds is 10. The third-order valence-corrected chi connectivity index (χ3v) is 4.94. The molecule has 1 fully saturated rings. The monoisotopic (exact) mass is 322 g/mol. The minimum absolute atomic E-state index is 0.221. The van der Waals surface area contributed by atoms with Crippen molar-refractivity contribution >= 4 is 11.9 Å². The number of carbonyl (C=O) groups excluding carboxylic acids is 2. The Labute approximate surface area is 139 Å². The van der Waals surface area contributed by atoms with E-state index in [0.717, 1.165) is 63.4 Å². The molecule has 0 aromatic rings. The SMILES string of the molecule is CCCCCOC(=O)C1=C2CCC(C2)C1C(=O)OCCCCC. The zero-order chi connectivity index (χ0) is 16.7. The van der Waals surface area contributed by atoms with Crippen LogP contribution in [0.3, 0.4) is 0 Å². The van der Waals surface area contributed by atoms with Crippen molar-refractivity contribution in [3.05, 3.63) is 11.1 Å². The van der Waals surface area contributed by atoms with Crippen molar-refractivity contribution < 1.29 is 19.1 Å². The number of hydrogen-bond donors (Lipinski definition) is 0. The molecular weight excluding hydrogens is 292 g/mol. The maximum Gasteiger partial charge on any atom is 0.334 e. The van der Waals surface area contributed by atoms with Crippen LogP contribution in [0.25, 0.3) is 0 Å². The molecule has 0 N–H and O–H groups in total. The third kappa shape index (κ3) is 4.58. The number of allylic oxidation sites excluding steroid dienone is 1. The van der Waals surface area contributed by atoms with Crippen LogP contribution in [0.1, 0.15) is 71.6 Å². The molecule has 0 radical (unpaired) electrons. The Hall–Kier alpha value is -1.32. The Bertz CT molecular complexity index is 452. The second-order valence-electron chi connectivity index (χ2n) is 6.72. The predicted octanol–water partition coefficient (Wildman–Crippen LogP) is 4.18. The summed E-state index contributed by atoms with van der Waals surface area (Å²) in [5.74, 6) is -0.629. The zero-order valence-electron chi connectivity index (χ0n) is 14.6. The minimum Gasteiger partial charge on any atom is -0.465 e. The zero-order valence-corrected chi connectivity index (χ0v) is 14.6. The lowest BCUT2D eigenvalue weighted by Crippen LogP contribution is -2.29. The summed E-state index contributed by atoms with van der Waals surface area (Å²) in [6, 6.07) is 0. The van der Waals surface area contributed by atoms with E-state index >= 15 is 0 Å². The summed E-state index contributed by atoms with van der Waals surface area (Å²) in [6.07, 6.45) is 8.91. The van der Waals surface area contributed by atoms with Crippen molar-refractivity contribution in [2.75, 3.05) is 13.2 Å². The van der Waals surface area contributed by atoms with E-state index < -0.39 is 0 Å². The number of esters is 2. The molecule has 2 atom stereocenters. The van der Waals surface area contributed by atoms with Gasteiger partial charge in [0.25, 0.3) is 0 Å². The summed E-state index contributed by atoms with van der Waals surface area (Å²) in [7, 11) is 0. The Balaban J connectivity index is 1.90. The summed E-state index contributed by atoms with van der Waals surface area (Å²) in [5.41, 5.74) is 1.75. The van der Waals surface area contributed by atoms with Gasteiger partial charge >= 0.3 is 11.9 Å². The highest BCUT2D eigenvalue weighted by Crippen LogP contribution is 2.49. The Morgan fingerprint density at radius 2 is 1.65 bits per heavy atom. The molecule has 0 aromatic carbocycles. The van der Waals surface area contributed by atoms with Crippen LogP contribution >= 0.6 is 0 Å². The predicted molar refractivity (Wildman–Crippen MR) is 88.8 cm³/mol. The summed E-state index contributed by atoms with van der Waals surface area (Å²) >= 11 is 0. The first kappa shape index (κ1) is 18.0. The van der Waals surface area contributed by atoms with E-state index in [1.54, 1.807) is 0 Å². The van der Waals surface area contributed by atoms with E-state index in [1.165, 1.54) is 0 Å². The molecule has 2 aliphatic rings. The van der Waals surface area contributed by atoms with Gasteiger partial charge in [-0.1, -0.05) is 45.1 Å². The number of hydrogen-bond acceptors (Lipinski definition) is 4. The van der Waals surface area contributed by atoms with Crippen molar-refractivity contribution in [2.45, 2.75) is 71.6 Å². The van der Waals surface area contributed by atoms with E-state index in [4.69, 9.17) is 9.47 Å². The molecule has 2 unspecified atom stereocenters. The molecule has 4 heteroatoms. The second-order valence-corrected chi connectivity index (χ2v) is 6.72. The van der Waals surface area contributed by atoms with Crippen LogP contribution in [0.4, 0.5) is 0 Å². The first-order chi connectivity index (χ1) is 11.2. The van der Waals surface area contributed by atoms with Gasteiger partial charge in [0.15, 0.2) is 0 Å². The van der Waals surface area contributed by atoms with Crippen LogP contribution < -0.4 is 0 Å². The van der Waals surface area contributed by atoms with E-state index in [2.05, 4.69) is 13.8 Å². The van der Waals surface area contributed by atoms with Crippen LogP contribution in [-0.2, 0) is 19.1 Å². The first-order valence-electron chi connectivity index (χ1n) is 9.24. The molecule has 4 nitrogen and oxygen atoms in total. The molecule has 0 saturated heterocycles. The van der Waals surface area contributed by atoms with Gasteiger partial charge in [0.1, 0.15) is 0 Å². The Morgan fingerprint density at radius 3 is 2.30 bits per heavy atom. The van der Waals surface area contributed by atoms with Gasteiger partial charge in [-0.25, -0.2) is 4.79 Å². The second kappa shape index (κ2) is 9.09. The van der Waals surface area contributed by atoms with E-state index in [1.807, 2.05) is 0 Å². The quantitative estimate of drug-likeness (QED) is 0.447. The summed E-state index contributed by atoms with van der Waals surface area (Å²) < 4.78 is 10.8. The summed E-state index contributed by atoms with van der Waals surface area (Å²) in [5, 5.41) is 0. The number of unbranched alkanes of at least 4 members (excludes halogenated alkanes) is 4. The van der Waals surface area contributed by atoms with E-state index in [9.17, 15) is 9.59 Å². The average molecular weight is 322 g/mol. The van der Waals surface area contributed by atoms with Crippen molar-refractivity contribution in [1.29, 1.82) is 0 Å². The molecule has 130 valence electrons. The highest BCUT2D eigenvalue weighted by Gasteiger charge is 2.47. The van der Waals surface area contributed by atoms with Crippen LogP contribution in [0.2, 0.25) is 0 Å². The largest absolute Gasteiger partial charge is 0.465 e. The molecular formula is C19H30O4. The van der Waals surface area contributed by atoms with Gasteiger partial charge in [-0.15, -0.1) is 0 Å². The van der Waals surface area contributed by atoms with Crippen LogP contribution in [0.15, 0.2) is 11.1 Å². The molecule has 0 heterocycles. The smallest absolute Gasteiger partial charge is 0.334 e. The summed E-state index contributed by atoms with van der Waals surface area (Å²) in [6.45, 7) is 5.15. The molecule has 0 aliphatic heterocycles. The number of fused-ring (bicyclic) bond motifs is 2. The van der Waals surface area contributed by atoms with Crippen molar-refractivity contribution in [1.82, 2.24) is 0 Å². The lowest BCUT2D eigenvalue weighted by Gasteiger charge is -2.22. The molecule has 1 saturated carbocycles. The van der Waals surface area contributed by atoms with Crippen molar-refractivity contribution in [3.63, 3.8) is 0 Å². The molecule has 2 bridgehead atoms. The van der Waals surface area contributed by atoms with Crippen LogP contribution in [-0.4, -0.2) is 25.2 Å². The number of ether oxygens (including phenoxy) is 2. The molecule has 0 aromatic heterocycles.